The Morgan fingerprint density at radius 3 is 0.908 bits per heavy atom. The van der Waals surface area contributed by atoms with Crippen molar-refractivity contribution in [2.45, 2.75) is 401 Å². The van der Waals surface area contributed by atoms with E-state index < -0.39 is 97.5 Å². The highest BCUT2D eigenvalue weighted by molar-refractivity contribution is 7.47. The van der Waals surface area contributed by atoms with Crippen LogP contribution in [0.1, 0.15) is 382 Å². The first kappa shape index (κ1) is 95.5. The highest BCUT2D eigenvalue weighted by Crippen LogP contribution is 2.45. The average Bonchev–Trinajstić information content (AvgIpc) is 1.17. The molecule has 0 spiro atoms. The van der Waals surface area contributed by atoms with Gasteiger partial charge in [0, 0.05) is 25.7 Å². The molecule has 0 bridgehead atoms. The Bertz CT molecular complexity index is 2000. The molecule has 0 aromatic carbocycles. The van der Waals surface area contributed by atoms with Gasteiger partial charge in [-0.1, -0.05) is 330 Å². The van der Waals surface area contributed by atoms with E-state index in [2.05, 4.69) is 72.8 Å². The number of esters is 4. The monoisotopic (exact) mass is 1430 g/mol. The van der Waals surface area contributed by atoms with Gasteiger partial charge in [-0.05, 0) is 69.1 Å². The van der Waals surface area contributed by atoms with Crippen molar-refractivity contribution in [1.82, 2.24) is 0 Å². The van der Waals surface area contributed by atoms with Gasteiger partial charge < -0.3 is 33.8 Å². The minimum absolute atomic E-state index is 0.0844. The topological polar surface area (TPSA) is 237 Å². The molecule has 98 heavy (non-hydrogen) atoms. The van der Waals surface area contributed by atoms with Gasteiger partial charge in [0.1, 0.15) is 19.3 Å². The van der Waals surface area contributed by atoms with Crippen LogP contribution in [-0.4, -0.2) is 96.7 Å². The van der Waals surface area contributed by atoms with Crippen LogP contribution in [0, 0.1) is 17.8 Å². The standard InChI is InChI=1S/C79H150O17P2/c1-8-10-11-12-13-14-15-16-21-25-28-33-39-48-55-62-78(83)95-74(66-89-76(81)60-53-46-38-35-30-32-37-44-51-58-71(5)6)68-93-97(85,86)91-64-73(80)65-92-98(87,88)94-69-75(67-90-77(82)61-54-47-42-41-45-52-59-72(7)9-2)96-79(84)63-56-49-40-34-29-26-23-20-18-17-19-22-24-27-31-36-43-50-57-70(3)4/h14-16,21,70-75,80H,8-13,17-20,22-69H2,1-7H3,(H,85,86)(H,87,88)/b15-14-,21-16-/t72?,73-,74-,75-/m1/s1. The lowest BCUT2D eigenvalue weighted by molar-refractivity contribution is -0.161. The van der Waals surface area contributed by atoms with E-state index in [4.69, 9.17) is 37.0 Å². The molecule has 3 N–H and O–H groups in total. The third kappa shape index (κ3) is 70.6. The first-order chi connectivity index (χ1) is 47.3. The Morgan fingerprint density at radius 2 is 0.602 bits per heavy atom. The lowest BCUT2D eigenvalue weighted by atomic mass is 10.00. The molecule has 0 heterocycles. The molecule has 0 aromatic heterocycles. The molecule has 0 aliphatic heterocycles. The molecule has 0 aromatic rings. The Balaban J connectivity index is 5.23. The van der Waals surface area contributed by atoms with Gasteiger partial charge in [-0.2, -0.15) is 0 Å². The van der Waals surface area contributed by atoms with Gasteiger partial charge in [-0.15, -0.1) is 0 Å². The molecule has 6 atom stereocenters. The van der Waals surface area contributed by atoms with E-state index in [1.165, 1.54) is 173 Å². The van der Waals surface area contributed by atoms with Crippen LogP contribution in [0.2, 0.25) is 0 Å². The molecule has 17 nitrogen and oxygen atoms in total. The number of allylic oxidation sites excluding steroid dienone is 4. The van der Waals surface area contributed by atoms with E-state index in [1.54, 1.807) is 0 Å². The number of hydrogen-bond acceptors (Lipinski definition) is 15. The highest BCUT2D eigenvalue weighted by Gasteiger charge is 2.30. The molecular formula is C79H150O17P2. The summed E-state index contributed by atoms with van der Waals surface area (Å²) >= 11 is 0. The van der Waals surface area contributed by atoms with E-state index in [9.17, 15) is 43.2 Å². The minimum atomic E-state index is -4.97. The summed E-state index contributed by atoms with van der Waals surface area (Å²) in [6.07, 6.45) is 59.2. The minimum Gasteiger partial charge on any atom is -0.462 e. The zero-order chi connectivity index (χ0) is 72.3. The quantitative estimate of drug-likeness (QED) is 0.0169. The molecule has 0 aliphatic carbocycles. The largest absolute Gasteiger partial charge is 0.472 e. The predicted octanol–water partition coefficient (Wildman–Crippen LogP) is 22.9. The van der Waals surface area contributed by atoms with Crippen LogP contribution in [0.25, 0.3) is 0 Å². The predicted molar refractivity (Wildman–Crippen MR) is 400 cm³/mol. The average molecular weight is 1430 g/mol. The lowest BCUT2D eigenvalue weighted by Gasteiger charge is -2.21. The Hall–Kier alpha value is -2.46. The summed E-state index contributed by atoms with van der Waals surface area (Å²) in [4.78, 5) is 72.9. The number of aliphatic hydroxyl groups excluding tert-OH is 1. The summed E-state index contributed by atoms with van der Waals surface area (Å²) in [5.41, 5.74) is 0. The van der Waals surface area contributed by atoms with Crippen LogP contribution in [0.3, 0.4) is 0 Å². The summed E-state index contributed by atoms with van der Waals surface area (Å²) < 4.78 is 68.5. The summed E-state index contributed by atoms with van der Waals surface area (Å²) in [6, 6.07) is 0. The lowest BCUT2D eigenvalue weighted by Crippen LogP contribution is -2.30. The van der Waals surface area contributed by atoms with Gasteiger partial charge in [-0.3, -0.25) is 37.3 Å². The van der Waals surface area contributed by atoms with Gasteiger partial charge in [0.15, 0.2) is 12.2 Å². The van der Waals surface area contributed by atoms with Crippen LogP contribution in [-0.2, 0) is 65.4 Å². The van der Waals surface area contributed by atoms with Gasteiger partial charge in [-0.25, -0.2) is 9.13 Å². The van der Waals surface area contributed by atoms with Gasteiger partial charge in [0.25, 0.3) is 0 Å². The van der Waals surface area contributed by atoms with Crippen molar-refractivity contribution in [2.75, 3.05) is 39.6 Å². The van der Waals surface area contributed by atoms with Gasteiger partial charge >= 0.3 is 39.5 Å². The maximum atomic E-state index is 13.1. The van der Waals surface area contributed by atoms with Crippen LogP contribution < -0.4 is 0 Å². The van der Waals surface area contributed by atoms with Crippen LogP contribution in [0.5, 0.6) is 0 Å². The molecule has 0 saturated heterocycles. The summed E-state index contributed by atoms with van der Waals surface area (Å²) in [7, 11) is -9.93. The normalized spacial score (nSPS) is 14.4. The second-order valence-corrected chi connectivity index (χ2v) is 31.9. The van der Waals surface area contributed by atoms with Crippen molar-refractivity contribution in [3.8, 4) is 0 Å². The number of unbranched alkanes of at least 4 members (excludes halogenated alkanes) is 39. The number of hydrogen-bond donors (Lipinski definition) is 3. The third-order valence-corrected chi connectivity index (χ3v) is 20.0. The van der Waals surface area contributed by atoms with Crippen molar-refractivity contribution < 1.29 is 80.2 Å². The molecule has 3 unspecified atom stereocenters. The van der Waals surface area contributed by atoms with E-state index in [0.29, 0.717) is 25.7 Å². The van der Waals surface area contributed by atoms with Crippen molar-refractivity contribution >= 4 is 39.5 Å². The van der Waals surface area contributed by atoms with Gasteiger partial charge in [0.05, 0.1) is 26.4 Å². The van der Waals surface area contributed by atoms with Crippen molar-refractivity contribution in [3.05, 3.63) is 24.3 Å². The van der Waals surface area contributed by atoms with Crippen molar-refractivity contribution in [1.29, 1.82) is 0 Å². The third-order valence-electron chi connectivity index (χ3n) is 18.1. The zero-order valence-electron chi connectivity index (χ0n) is 63.7. The summed E-state index contributed by atoms with van der Waals surface area (Å²) in [5, 5.41) is 10.6. The summed E-state index contributed by atoms with van der Waals surface area (Å²) in [5.74, 6) is 0.142. The Morgan fingerprint density at radius 1 is 0.337 bits per heavy atom. The molecule has 0 amide bonds. The maximum absolute atomic E-state index is 13.1. The number of aliphatic hydroxyl groups is 1. The van der Waals surface area contributed by atoms with E-state index in [-0.39, 0.29) is 25.7 Å². The number of rotatable bonds is 75. The Kier molecular flexibility index (Phi) is 67.2. The van der Waals surface area contributed by atoms with Crippen LogP contribution in [0.4, 0.5) is 0 Å². The molecule has 0 radical (unpaired) electrons. The van der Waals surface area contributed by atoms with E-state index in [1.807, 2.05) is 0 Å². The first-order valence-corrected chi connectivity index (χ1v) is 43.2. The first-order valence-electron chi connectivity index (χ1n) is 40.2. The fourth-order valence-corrected chi connectivity index (χ4v) is 13.1. The second kappa shape index (κ2) is 68.9. The molecule has 0 saturated carbocycles. The number of phosphoric acid groups is 2. The molecule has 0 rings (SSSR count). The highest BCUT2D eigenvalue weighted by atomic mass is 31.2. The summed E-state index contributed by atoms with van der Waals surface area (Å²) in [6.45, 7) is 11.8. The van der Waals surface area contributed by atoms with E-state index >= 15 is 0 Å². The molecule has 19 heteroatoms. The SMILES string of the molecule is CCCCCC/C=C\C=C/CCCCCCCC(=O)O[C@H](COC(=O)CCCCCCCCCCCC(C)C)COP(=O)(O)OC[C@@H](O)COP(=O)(O)OC[C@@H](COC(=O)CCCCCCCCC(C)CC)OC(=O)CCCCCCCCCCCCCCCCCCCCC(C)C. The van der Waals surface area contributed by atoms with Crippen LogP contribution >= 0.6 is 15.6 Å². The van der Waals surface area contributed by atoms with Crippen LogP contribution in [0.15, 0.2) is 24.3 Å². The number of carbonyl (C=O) groups is 4. The van der Waals surface area contributed by atoms with Crippen molar-refractivity contribution in [2.24, 2.45) is 17.8 Å². The van der Waals surface area contributed by atoms with E-state index in [0.717, 1.165) is 127 Å². The second-order valence-electron chi connectivity index (χ2n) is 29.0. The molecule has 578 valence electrons. The number of carbonyl (C=O) groups excluding carboxylic acids is 4. The fraction of sp³-hybridized carbons (Fsp3) is 0.899. The Labute approximate surface area is 599 Å². The molecule has 0 fully saturated rings. The number of ether oxygens (including phenoxy) is 4. The smallest absolute Gasteiger partial charge is 0.462 e. The zero-order valence-corrected chi connectivity index (χ0v) is 65.5. The van der Waals surface area contributed by atoms with Crippen molar-refractivity contribution in [3.63, 3.8) is 0 Å². The maximum Gasteiger partial charge on any atom is 0.472 e. The number of phosphoric ester groups is 2. The molecule has 0 aliphatic rings. The van der Waals surface area contributed by atoms with Gasteiger partial charge in [0.2, 0.25) is 0 Å². The fourth-order valence-electron chi connectivity index (χ4n) is 11.6. The molecular weight excluding hydrogens is 1280 g/mol.